The van der Waals surface area contributed by atoms with Crippen LogP contribution in [0.25, 0.3) is 0 Å². The van der Waals surface area contributed by atoms with Crippen LogP contribution in [-0.2, 0) is 14.3 Å². The van der Waals surface area contributed by atoms with Crippen molar-refractivity contribution in [3.63, 3.8) is 0 Å². The summed E-state index contributed by atoms with van der Waals surface area (Å²) in [6, 6.07) is 0. The maximum absolute atomic E-state index is 10.9. The lowest BCUT2D eigenvalue weighted by molar-refractivity contribution is -0.159. The van der Waals surface area contributed by atoms with E-state index >= 15 is 0 Å². The van der Waals surface area contributed by atoms with Crippen molar-refractivity contribution in [3.05, 3.63) is 0 Å². The minimum Gasteiger partial charge on any atom is -0.480 e. The molecule has 1 aliphatic heterocycles. The van der Waals surface area contributed by atoms with Crippen LogP contribution in [0.1, 0.15) is 20.3 Å². The third-order valence-electron chi connectivity index (χ3n) is 1.93. The van der Waals surface area contributed by atoms with Gasteiger partial charge in [-0.15, -0.1) is 0 Å². The quantitative estimate of drug-likeness (QED) is 0.443. The lowest BCUT2D eigenvalue weighted by Crippen LogP contribution is -2.32. The predicted molar refractivity (Wildman–Crippen MR) is 35.9 cm³/mol. The third-order valence-corrected chi connectivity index (χ3v) is 1.93. The Morgan fingerprint density at radius 3 is 2.55 bits per heavy atom. The van der Waals surface area contributed by atoms with Gasteiger partial charge in [-0.1, -0.05) is 0 Å². The zero-order chi connectivity index (χ0) is 8.65. The maximum Gasteiger partial charge on any atom is 0.323 e. The summed E-state index contributed by atoms with van der Waals surface area (Å²) in [7, 11) is 0. The van der Waals surface area contributed by atoms with Crippen LogP contribution in [0.4, 0.5) is 0 Å². The van der Waals surface area contributed by atoms with E-state index in [0.29, 0.717) is 0 Å². The summed E-state index contributed by atoms with van der Waals surface area (Å²) < 4.78 is 4.72. The summed E-state index contributed by atoms with van der Waals surface area (Å²) in [4.78, 5) is 21.5. The molecule has 0 spiro atoms. The Labute approximate surface area is 64.2 Å². The van der Waals surface area contributed by atoms with Gasteiger partial charge in [-0.3, -0.25) is 9.59 Å². The van der Waals surface area contributed by atoms with Gasteiger partial charge in [-0.2, -0.15) is 0 Å². The van der Waals surface area contributed by atoms with Gasteiger partial charge >= 0.3 is 11.9 Å². The second-order valence-electron chi connectivity index (χ2n) is 3.06. The maximum atomic E-state index is 10.9. The molecule has 2 unspecified atom stereocenters. The molecule has 0 amide bonds. The SMILES string of the molecule is CC1CC(C)(C(=O)O)C(=O)O1. The van der Waals surface area contributed by atoms with Gasteiger partial charge in [0.2, 0.25) is 0 Å². The van der Waals surface area contributed by atoms with Crippen molar-refractivity contribution >= 4 is 11.9 Å². The van der Waals surface area contributed by atoms with Crippen molar-refractivity contribution in [3.8, 4) is 0 Å². The van der Waals surface area contributed by atoms with Crippen LogP contribution < -0.4 is 0 Å². The van der Waals surface area contributed by atoms with Crippen LogP contribution in [0.15, 0.2) is 0 Å². The minimum absolute atomic E-state index is 0.265. The molecule has 1 N–H and O–H groups in total. The molecule has 11 heavy (non-hydrogen) atoms. The van der Waals surface area contributed by atoms with Crippen molar-refractivity contribution in [2.75, 3.05) is 0 Å². The largest absolute Gasteiger partial charge is 0.480 e. The van der Waals surface area contributed by atoms with Crippen LogP contribution in [0.5, 0.6) is 0 Å². The second-order valence-corrected chi connectivity index (χ2v) is 3.06. The summed E-state index contributed by atoms with van der Waals surface area (Å²) in [6.07, 6.45) is -0.00940. The van der Waals surface area contributed by atoms with Gasteiger partial charge in [0, 0.05) is 6.42 Å². The van der Waals surface area contributed by atoms with Crippen molar-refractivity contribution in [1.82, 2.24) is 0 Å². The highest BCUT2D eigenvalue weighted by atomic mass is 16.6. The fraction of sp³-hybridized carbons (Fsp3) is 0.714. The first-order valence-electron chi connectivity index (χ1n) is 3.41. The van der Waals surface area contributed by atoms with Crippen LogP contribution in [0.2, 0.25) is 0 Å². The Morgan fingerprint density at radius 1 is 1.82 bits per heavy atom. The van der Waals surface area contributed by atoms with Crippen LogP contribution in [0, 0.1) is 5.41 Å². The molecule has 0 aromatic rings. The van der Waals surface area contributed by atoms with Crippen molar-refractivity contribution < 1.29 is 19.4 Å². The number of carbonyl (C=O) groups is 2. The van der Waals surface area contributed by atoms with Gasteiger partial charge in [-0.05, 0) is 13.8 Å². The molecule has 1 rings (SSSR count). The zero-order valence-corrected chi connectivity index (χ0v) is 6.46. The Hall–Kier alpha value is -1.06. The van der Waals surface area contributed by atoms with Gasteiger partial charge in [-0.25, -0.2) is 0 Å². The monoisotopic (exact) mass is 158 g/mol. The van der Waals surface area contributed by atoms with Crippen molar-refractivity contribution in [2.24, 2.45) is 5.41 Å². The predicted octanol–water partition coefficient (Wildman–Crippen LogP) is 0.413. The number of esters is 1. The smallest absolute Gasteiger partial charge is 0.323 e. The van der Waals surface area contributed by atoms with E-state index in [-0.39, 0.29) is 12.5 Å². The molecule has 1 saturated heterocycles. The minimum atomic E-state index is -1.32. The first-order valence-corrected chi connectivity index (χ1v) is 3.41. The fourth-order valence-electron chi connectivity index (χ4n) is 1.19. The lowest BCUT2D eigenvalue weighted by Gasteiger charge is -2.10. The van der Waals surface area contributed by atoms with Crippen LogP contribution in [0.3, 0.4) is 0 Å². The number of rotatable bonds is 1. The highest BCUT2D eigenvalue weighted by Gasteiger charge is 2.50. The van der Waals surface area contributed by atoms with Gasteiger partial charge in [0.05, 0.1) is 0 Å². The van der Waals surface area contributed by atoms with Gasteiger partial charge in [0.25, 0.3) is 0 Å². The van der Waals surface area contributed by atoms with E-state index in [2.05, 4.69) is 0 Å². The molecule has 1 fully saturated rings. The Morgan fingerprint density at radius 2 is 2.36 bits per heavy atom. The zero-order valence-electron chi connectivity index (χ0n) is 6.46. The molecule has 0 saturated carbocycles. The first-order chi connectivity index (χ1) is 4.97. The second kappa shape index (κ2) is 2.22. The number of carboxylic acid groups (broad SMARTS) is 1. The number of cyclic esters (lactones) is 1. The van der Waals surface area contributed by atoms with E-state index in [1.54, 1.807) is 6.92 Å². The molecule has 1 heterocycles. The summed E-state index contributed by atoms with van der Waals surface area (Å²) >= 11 is 0. The average Bonchev–Trinajstić information content (AvgIpc) is 2.08. The van der Waals surface area contributed by atoms with E-state index in [0.717, 1.165) is 0 Å². The Balaban J connectivity index is 2.88. The van der Waals surface area contributed by atoms with E-state index in [9.17, 15) is 9.59 Å². The summed E-state index contributed by atoms with van der Waals surface area (Å²) in [5.41, 5.74) is -1.32. The van der Waals surface area contributed by atoms with Crippen LogP contribution in [-0.4, -0.2) is 23.1 Å². The summed E-state index contributed by atoms with van der Waals surface area (Å²) in [5, 5.41) is 8.66. The molecule has 0 bridgehead atoms. The lowest BCUT2D eigenvalue weighted by atomic mass is 9.88. The summed E-state index contributed by atoms with van der Waals surface area (Å²) in [5.74, 6) is -1.73. The highest BCUT2D eigenvalue weighted by Crippen LogP contribution is 2.33. The van der Waals surface area contributed by atoms with E-state index in [1.807, 2.05) is 0 Å². The van der Waals surface area contributed by atoms with Crippen LogP contribution >= 0.6 is 0 Å². The molecule has 0 aliphatic carbocycles. The molecule has 62 valence electrons. The first kappa shape index (κ1) is 8.04. The third kappa shape index (κ3) is 1.08. The molecular weight excluding hydrogens is 148 g/mol. The number of hydrogen-bond acceptors (Lipinski definition) is 3. The molecule has 4 nitrogen and oxygen atoms in total. The highest BCUT2D eigenvalue weighted by molar-refractivity contribution is 5.99. The van der Waals surface area contributed by atoms with E-state index in [1.165, 1.54) is 6.92 Å². The Bertz CT molecular complexity index is 210. The molecule has 0 aromatic carbocycles. The average molecular weight is 158 g/mol. The van der Waals surface area contributed by atoms with E-state index < -0.39 is 17.4 Å². The number of hydrogen-bond donors (Lipinski definition) is 1. The number of ether oxygens (including phenoxy) is 1. The number of carboxylic acids is 1. The fourth-order valence-corrected chi connectivity index (χ4v) is 1.19. The Kier molecular flexibility index (Phi) is 1.62. The molecule has 0 aromatic heterocycles. The normalized spacial score (nSPS) is 36.9. The number of aliphatic carboxylic acids is 1. The summed E-state index contributed by atoms with van der Waals surface area (Å²) in [6.45, 7) is 3.08. The van der Waals surface area contributed by atoms with Gasteiger partial charge in [0.15, 0.2) is 5.41 Å². The van der Waals surface area contributed by atoms with Gasteiger partial charge in [0.1, 0.15) is 6.10 Å². The molecular formula is C7H10O4. The molecule has 0 radical (unpaired) electrons. The van der Waals surface area contributed by atoms with E-state index in [4.69, 9.17) is 9.84 Å². The topological polar surface area (TPSA) is 63.6 Å². The molecule has 2 atom stereocenters. The van der Waals surface area contributed by atoms with Gasteiger partial charge < -0.3 is 9.84 Å². The molecule has 4 heteroatoms. The standard InChI is InChI=1S/C7H10O4/c1-4-3-7(2,5(8)9)6(10)11-4/h4H,3H2,1-2H3,(H,8,9). The van der Waals surface area contributed by atoms with Crippen molar-refractivity contribution in [2.45, 2.75) is 26.4 Å². The molecule has 1 aliphatic rings. The van der Waals surface area contributed by atoms with Crippen molar-refractivity contribution in [1.29, 1.82) is 0 Å². The number of carbonyl (C=O) groups excluding carboxylic acids is 1.